The Balaban J connectivity index is 2.13. The summed E-state index contributed by atoms with van der Waals surface area (Å²) >= 11 is 0. The first-order valence-corrected chi connectivity index (χ1v) is 5.44. The molecule has 2 rings (SSSR count). The fourth-order valence-corrected chi connectivity index (χ4v) is 1.85. The van der Waals surface area contributed by atoms with Crippen molar-refractivity contribution in [2.45, 2.75) is 25.9 Å². The summed E-state index contributed by atoms with van der Waals surface area (Å²) in [7, 11) is 0. The van der Waals surface area contributed by atoms with Gasteiger partial charge in [-0.15, -0.1) is 0 Å². The Labute approximate surface area is 93.8 Å². The summed E-state index contributed by atoms with van der Waals surface area (Å²) in [6.45, 7) is 2.55. The van der Waals surface area contributed by atoms with Gasteiger partial charge in [-0.3, -0.25) is 4.90 Å². The van der Waals surface area contributed by atoms with Crippen LogP contribution in [0, 0.1) is 5.82 Å². The molecule has 0 bridgehead atoms. The molecule has 0 aliphatic carbocycles. The van der Waals surface area contributed by atoms with Gasteiger partial charge in [0, 0.05) is 0 Å². The Morgan fingerprint density at radius 1 is 1.56 bits per heavy atom. The quantitative estimate of drug-likeness (QED) is 0.788. The number of nitrogens with zero attached hydrogens (tertiary/aromatic N) is 1. The molecule has 1 aliphatic heterocycles. The van der Waals surface area contributed by atoms with Crippen LogP contribution in [0.1, 0.15) is 19.8 Å². The maximum atomic E-state index is 13.0. The molecule has 3 nitrogen and oxygen atoms in total. The molecule has 1 atom stereocenters. The van der Waals surface area contributed by atoms with Gasteiger partial charge in [-0.25, -0.2) is 9.18 Å². The molecular weight excluding hydrogens is 209 g/mol. The number of carbonyl (C=O) groups excluding carboxylic acids is 1. The molecule has 0 unspecified atom stereocenters. The Kier molecular flexibility index (Phi) is 3.08. The van der Waals surface area contributed by atoms with E-state index in [1.54, 1.807) is 12.1 Å². The van der Waals surface area contributed by atoms with E-state index in [1.807, 2.05) is 6.92 Å². The molecule has 4 heteroatoms. The number of benzene rings is 1. The number of hydrogen-bond donors (Lipinski definition) is 0. The predicted octanol–water partition coefficient (Wildman–Crippen LogP) is 2.95. The SMILES string of the molecule is CCC[C@@H]1CN(c2cccc(F)c2)C(=O)O1. The third-order valence-electron chi connectivity index (χ3n) is 2.60. The van der Waals surface area contributed by atoms with Crippen LogP contribution in [0.2, 0.25) is 0 Å². The summed E-state index contributed by atoms with van der Waals surface area (Å²) in [6, 6.07) is 5.99. The number of hydrogen-bond acceptors (Lipinski definition) is 2. The average molecular weight is 223 g/mol. The predicted molar refractivity (Wildman–Crippen MR) is 58.9 cm³/mol. The zero-order valence-electron chi connectivity index (χ0n) is 9.15. The number of amides is 1. The van der Waals surface area contributed by atoms with Crippen LogP contribution in [-0.2, 0) is 4.74 Å². The molecule has 1 aliphatic rings. The number of carbonyl (C=O) groups is 1. The highest BCUT2D eigenvalue weighted by molar-refractivity contribution is 5.89. The molecule has 1 amide bonds. The summed E-state index contributed by atoms with van der Waals surface area (Å²) in [5.41, 5.74) is 0.559. The topological polar surface area (TPSA) is 29.5 Å². The van der Waals surface area contributed by atoms with E-state index in [4.69, 9.17) is 4.74 Å². The van der Waals surface area contributed by atoms with E-state index < -0.39 is 0 Å². The van der Waals surface area contributed by atoms with E-state index in [-0.39, 0.29) is 18.0 Å². The van der Waals surface area contributed by atoms with Crippen molar-refractivity contribution < 1.29 is 13.9 Å². The summed E-state index contributed by atoms with van der Waals surface area (Å²) in [5.74, 6) is -0.343. The largest absolute Gasteiger partial charge is 0.444 e. The van der Waals surface area contributed by atoms with Gasteiger partial charge in [0.2, 0.25) is 0 Å². The lowest BCUT2D eigenvalue weighted by Crippen LogP contribution is -2.24. The summed E-state index contributed by atoms with van der Waals surface area (Å²) in [4.78, 5) is 13.0. The molecule has 16 heavy (non-hydrogen) atoms. The van der Waals surface area contributed by atoms with Crippen molar-refractivity contribution in [1.29, 1.82) is 0 Å². The zero-order valence-corrected chi connectivity index (χ0v) is 9.15. The Hall–Kier alpha value is -1.58. The van der Waals surface area contributed by atoms with Gasteiger partial charge in [-0.1, -0.05) is 19.4 Å². The summed E-state index contributed by atoms with van der Waals surface area (Å²) in [6.07, 6.45) is 1.36. The van der Waals surface area contributed by atoms with Gasteiger partial charge in [-0.05, 0) is 24.6 Å². The lowest BCUT2D eigenvalue weighted by molar-refractivity contribution is 0.136. The molecule has 0 spiro atoms. The van der Waals surface area contributed by atoms with E-state index >= 15 is 0 Å². The Morgan fingerprint density at radius 3 is 3.06 bits per heavy atom. The highest BCUT2D eigenvalue weighted by Crippen LogP contribution is 2.23. The molecule has 1 saturated heterocycles. The van der Waals surface area contributed by atoms with Crippen LogP contribution < -0.4 is 4.90 Å². The first kappa shape index (κ1) is 10.9. The van der Waals surface area contributed by atoms with Gasteiger partial charge < -0.3 is 4.74 Å². The molecule has 1 fully saturated rings. The van der Waals surface area contributed by atoms with Crippen LogP contribution in [0.25, 0.3) is 0 Å². The Morgan fingerprint density at radius 2 is 2.38 bits per heavy atom. The van der Waals surface area contributed by atoms with Gasteiger partial charge in [0.25, 0.3) is 0 Å². The normalized spacial score (nSPS) is 20.0. The Bertz CT molecular complexity index is 394. The smallest absolute Gasteiger partial charge is 0.414 e. The maximum Gasteiger partial charge on any atom is 0.414 e. The van der Waals surface area contributed by atoms with Gasteiger partial charge in [0.15, 0.2) is 0 Å². The standard InChI is InChI=1S/C12H14FNO2/c1-2-4-11-8-14(12(15)16-11)10-6-3-5-9(13)7-10/h3,5-7,11H,2,4,8H2,1H3/t11-/m1/s1. The van der Waals surface area contributed by atoms with E-state index in [0.717, 1.165) is 12.8 Å². The second-order valence-electron chi connectivity index (χ2n) is 3.88. The van der Waals surface area contributed by atoms with Crippen LogP contribution in [0.4, 0.5) is 14.9 Å². The minimum Gasteiger partial charge on any atom is -0.444 e. The lowest BCUT2D eigenvalue weighted by Gasteiger charge is -2.12. The molecule has 1 aromatic carbocycles. The number of rotatable bonds is 3. The number of cyclic esters (lactones) is 1. The minimum absolute atomic E-state index is 0.0687. The van der Waals surface area contributed by atoms with Crippen LogP contribution in [-0.4, -0.2) is 18.7 Å². The van der Waals surface area contributed by atoms with Crippen molar-refractivity contribution in [2.24, 2.45) is 0 Å². The zero-order chi connectivity index (χ0) is 11.5. The fourth-order valence-electron chi connectivity index (χ4n) is 1.85. The number of halogens is 1. The molecule has 86 valence electrons. The van der Waals surface area contributed by atoms with E-state index in [2.05, 4.69) is 0 Å². The lowest BCUT2D eigenvalue weighted by atomic mass is 10.2. The van der Waals surface area contributed by atoms with Gasteiger partial charge >= 0.3 is 6.09 Å². The molecule has 0 saturated carbocycles. The summed E-state index contributed by atoms with van der Waals surface area (Å²) in [5, 5.41) is 0. The second kappa shape index (κ2) is 4.51. The molecule has 1 heterocycles. The van der Waals surface area contributed by atoms with Crippen LogP contribution >= 0.6 is 0 Å². The van der Waals surface area contributed by atoms with E-state index in [1.165, 1.54) is 17.0 Å². The van der Waals surface area contributed by atoms with E-state index in [0.29, 0.717) is 12.2 Å². The minimum atomic E-state index is -0.385. The monoisotopic (exact) mass is 223 g/mol. The van der Waals surface area contributed by atoms with Crippen LogP contribution in [0.3, 0.4) is 0 Å². The van der Waals surface area contributed by atoms with Crippen molar-refractivity contribution in [3.05, 3.63) is 30.1 Å². The highest BCUT2D eigenvalue weighted by Gasteiger charge is 2.31. The number of ether oxygens (including phenoxy) is 1. The third kappa shape index (κ3) is 2.15. The van der Waals surface area contributed by atoms with Crippen LogP contribution in [0.5, 0.6) is 0 Å². The second-order valence-corrected chi connectivity index (χ2v) is 3.88. The highest BCUT2D eigenvalue weighted by atomic mass is 19.1. The molecule has 0 radical (unpaired) electrons. The van der Waals surface area contributed by atoms with Crippen molar-refractivity contribution in [2.75, 3.05) is 11.4 Å². The van der Waals surface area contributed by atoms with Crippen molar-refractivity contribution in [3.8, 4) is 0 Å². The van der Waals surface area contributed by atoms with Crippen molar-refractivity contribution in [1.82, 2.24) is 0 Å². The van der Waals surface area contributed by atoms with Crippen molar-refractivity contribution in [3.63, 3.8) is 0 Å². The first-order valence-electron chi connectivity index (χ1n) is 5.44. The molecule has 0 N–H and O–H groups in total. The molecule has 1 aromatic rings. The molecule has 0 aromatic heterocycles. The fraction of sp³-hybridized carbons (Fsp3) is 0.417. The van der Waals surface area contributed by atoms with Gasteiger partial charge in [0.1, 0.15) is 11.9 Å². The average Bonchev–Trinajstić information content (AvgIpc) is 2.60. The van der Waals surface area contributed by atoms with Gasteiger partial charge in [0.05, 0.1) is 12.2 Å². The van der Waals surface area contributed by atoms with Crippen LogP contribution in [0.15, 0.2) is 24.3 Å². The number of anilines is 1. The first-order chi connectivity index (χ1) is 7.70. The third-order valence-corrected chi connectivity index (χ3v) is 2.60. The summed E-state index contributed by atoms with van der Waals surface area (Å²) < 4.78 is 18.2. The molecular formula is C12H14FNO2. The van der Waals surface area contributed by atoms with E-state index in [9.17, 15) is 9.18 Å². The van der Waals surface area contributed by atoms with Gasteiger partial charge in [-0.2, -0.15) is 0 Å². The maximum absolute atomic E-state index is 13.0. The van der Waals surface area contributed by atoms with Crippen molar-refractivity contribution >= 4 is 11.8 Å².